The van der Waals surface area contributed by atoms with Gasteiger partial charge in [-0.3, -0.25) is 19.4 Å². The van der Waals surface area contributed by atoms with Crippen LogP contribution in [0.5, 0.6) is 0 Å². The van der Waals surface area contributed by atoms with E-state index in [1.807, 2.05) is 0 Å². The van der Waals surface area contributed by atoms with E-state index in [0.717, 1.165) is 0 Å². The number of hydrogen-bond acceptors (Lipinski definition) is 13. The number of H-pyrrole nitrogens is 1. The number of benzene rings is 1. The van der Waals surface area contributed by atoms with Crippen molar-refractivity contribution >= 4 is 40.9 Å². The fourth-order valence-corrected chi connectivity index (χ4v) is 3.78. The molecular weight excluding hydrogens is 574 g/mol. The van der Waals surface area contributed by atoms with Crippen molar-refractivity contribution in [3.63, 3.8) is 0 Å². The smallest absolute Gasteiger partial charge is 0.280 e. The third kappa shape index (κ3) is 11.6. The number of nitrogens with zero attached hydrogens (tertiary/aromatic N) is 3. The maximum Gasteiger partial charge on any atom is 0.280 e. The van der Waals surface area contributed by atoms with E-state index in [9.17, 15) is 19.2 Å². The number of fused-ring (bicyclic) bond motifs is 1. The van der Waals surface area contributed by atoms with Crippen LogP contribution in [-0.4, -0.2) is 104 Å². The molecule has 3 aromatic rings. The average molecular weight is 614 g/mol. The van der Waals surface area contributed by atoms with Crippen molar-refractivity contribution in [3.05, 3.63) is 52.1 Å². The minimum atomic E-state index is -0.818. The van der Waals surface area contributed by atoms with Crippen LogP contribution < -0.4 is 32.6 Å². The van der Waals surface area contributed by atoms with E-state index in [4.69, 9.17) is 19.9 Å². The predicted molar refractivity (Wildman–Crippen MR) is 162 cm³/mol. The van der Waals surface area contributed by atoms with Gasteiger partial charge in [0, 0.05) is 37.8 Å². The normalized spacial score (nSPS) is 11.6. The molecule has 16 heteroatoms. The molecular formula is C28H39N9O7. The second-order valence-corrected chi connectivity index (χ2v) is 9.36. The first-order valence-electron chi connectivity index (χ1n) is 14.2. The van der Waals surface area contributed by atoms with Crippen molar-refractivity contribution in [3.8, 4) is 0 Å². The van der Waals surface area contributed by atoms with Crippen molar-refractivity contribution in [1.29, 1.82) is 0 Å². The number of nitrogens with one attached hydrogen (secondary N) is 5. The Kier molecular flexibility index (Phi) is 14.6. The van der Waals surface area contributed by atoms with Crippen LogP contribution in [0.3, 0.4) is 0 Å². The molecule has 0 bridgehead atoms. The molecule has 0 aliphatic heterocycles. The molecule has 0 radical (unpaired) electrons. The van der Waals surface area contributed by atoms with E-state index in [1.165, 1.54) is 6.20 Å². The molecule has 2 aromatic heterocycles. The van der Waals surface area contributed by atoms with E-state index >= 15 is 0 Å². The predicted octanol–water partition coefficient (Wildman–Crippen LogP) is -0.431. The van der Waals surface area contributed by atoms with Gasteiger partial charge >= 0.3 is 0 Å². The number of rotatable bonds is 21. The summed E-state index contributed by atoms with van der Waals surface area (Å²) in [6.07, 6.45) is 2.35. The third-order valence-electron chi connectivity index (χ3n) is 6.06. The molecule has 44 heavy (non-hydrogen) atoms. The lowest BCUT2D eigenvalue weighted by molar-refractivity contribution is -0.121. The first kappa shape index (κ1) is 34.0. The SMILES string of the molecule is CNc1nc2ncc(CNc3ccc(C(=O)NC(C=O)CCC(=O)NCCOCCOCCOCCN)cc3)nc2c(=O)[nH]1. The molecule has 0 saturated carbocycles. The number of ether oxygens (including phenoxy) is 3. The van der Waals surface area contributed by atoms with Gasteiger partial charge in [-0.05, 0) is 30.7 Å². The zero-order valence-corrected chi connectivity index (χ0v) is 24.6. The number of amides is 2. The zero-order chi connectivity index (χ0) is 31.6. The number of aldehydes is 1. The second-order valence-electron chi connectivity index (χ2n) is 9.36. The molecule has 1 unspecified atom stereocenters. The number of aromatic amines is 1. The molecule has 16 nitrogen and oxygen atoms in total. The number of hydrogen-bond donors (Lipinski definition) is 6. The molecule has 0 fully saturated rings. The van der Waals surface area contributed by atoms with Gasteiger partial charge in [0.25, 0.3) is 11.5 Å². The highest BCUT2D eigenvalue weighted by Gasteiger charge is 2.15. The van der Waals surface area contributed by atoms with Crippen LogP contribution in [0.25, 0.3) is 11.2 Å². The standard InChI is InChI=1S/C28H39N9O7/c1-30-28-36-25-24(27(41)37-28)34-22(17-33-25)16-32-20-4-2-19(3-5-20)26(40)35-21(18-38)6-7-23(39)31-9-11-43-13-15-44-14-12-42-10-8-29/h2-5,17-18,21,32H,6-16,29H2,1H3,(H,31,39)(H,35,40)(H2,30,33,36,37,41). The van der Waals surface area contributed by atoms with Gasteiger partial charge in [-0.2, -0.15) is 4.98 Å². The van der Waals surface area contributed by atoms with Gasteiger partial charge < -0.3 is 46.0 Å². The lowest BCUT2D eigenvalue weighted by Gasteiger charge is -2.13. The molecule has 238 valence electrons. The summed E-state index contributed by atoms with van der Waals surface area (Å²) in [5, 5.41) is 11.3. The summed E-state index contributed by atoms with van der Waals surface area (Å²) >= 11 is 0. The first-order valence-corrected chi connectivity index (χ1v) is 14.2. The Morgan fingerprint density at radius 1 is 1.02 bits per heavy atom. The summed E-state index contributed by atoms with van der Waals surface area (Å²) in [7, 11) is 1.64. The summed E-state index contributed by atoms with van der Waals surface area (Å²) in [5.41, 5.74) is 6.86. The highest BCUT2D eigenvalue weighted by atomic mass is 16.5. The van der Waals surface area contributed by atoms with E-state index in [-0.39, 0.29) is 36.5 Å². The topological polar surface area (TPSA) is 225 Å². The van der Waals surface area contributed by atoms with Crippen molar-refractivity contribution in [1.82, 2.24) is 30.6 Å². The molecule has 2 heterocycles. The van der Waals surface area contributed by atoms with Crippen LogP contribution in [0.1, 0.15) is 28.9 Å². The average Bonchev–Trinajstić information content (AvgIpc) is 3.04. The fraction of sp³-hybridized carbons (Fsp3) is 0.464. The molecule has 0 spiro atoms. The number of anilines is 2. The molecule has 3 rings (SSSR count). The number of aromatic nitrogens is 4. The Bertz CT molecular complexity index is 1400. The van der Waals surface area contributed by atoms with E-state index in [1.54, 1.807) is 31.3 Å². The van der Waals surface area contributed by atoms with Gasteiger partial charge in [0.15, 0.2) is 11.2 Å². The highest BCUT2D eigenvalue weighted by molar-refractivity contribution is 5.96. The van der Waals surface area contributed by atoms with Gasteiger partial charge in [0.2, 0.25) is 11.9 Å². The van der Waals surface area contributed by atoms with E-state index in [2.05, 4.69) is 41.2 Å². The van der Waals surface area contributed by atoms with E-state index in [0.29, 0.717) is 81.9 Å². The monoisotopic (exact) mass is 613 g/mol. The quantitative estimate of drug-likeness (QED) is 0.0663. The van der Waals surface area contributed by atoms with Crippen LogP contribution in [0.4, 0.5) is 11.6 Å². The number of carbonyl (C=O) groups excluding carboxylic acids is 3. The summed E-state index contributed by atoms with van der Waals surface area (Å²) < 4.78 is 15.9. The van der Waals surface area contributed by atoms with Crippen LogP contribution in [0, 0.1) is 0 Å². The third-order valence-corrected chi connectivity index (χ3v) is 6.06. The van der Waals surface area contributed by atoms with Crippen molar-refractivity contribution in [2.24, 2.45) is 5.73 Å². The van der Waals surface area contributed by atoms with E-state index < -0.39 is 17.5 Å². The summed E-state index contributed by atoms with van der Waals surface area (Å²) in [4.78, 5) is 63.8. The van der Waals surface area contributed by atoms with Crippen LogP contribution in [-0.2, 0) is 30.3 Å². The van der Waals surface area contributed by atoms with Gasteiger partial charge in [-0.1, -0.05) is 0 Å². The molecule has 2 amide bonds. The summed E-state index contributed by atoms with van der Waals surface area (Å²) in [6, 6.07) is 5.79. The van der Waals surface area contributed by atoms with Gasteiger partial charge in [-0.25, -0.2) is 9.97 Å². The maximum atomic E-state index is 12.6. The Labute approximate surface area is 253 Å². The van der Waals surface area contributed by atoms with Crippen LogP contribution >= 0.6 is 0 Å². The Morgan fingerprint density at radius 2 is 1.73 bits per heavy atom. The number of carbonyl (C=O) groups is 3. The number of nitrogens with two attached hydrogens (primary N) is 1. The Morgan fingerprint density at radius 3 is 2.41 bits per heavy atom. The fourth-order valence-electron chi connectivity index (χ4n) is 3.78. The van der Waals surface area contributed by atoms with Gasteiger partial charge in [-0.15, -0.1) is 0 Å². The maximum absolute atomic E-state index is 12.6. The summed E-state index contributed by atoms with van der Waals surface area (Å²) in [5.74, 6) is -0.393. The Balaban J connectivity index is 1.33. The largest absolute Gasteiger partial charge is 0.379 e. The Hall–Kier alpha value is -4.51. The molecule has 7 N–H and O–H groups in total. The lowest BCUT2D eigenvalue weighted by Crippen LogP contribution is -2.37. The van der Waals surface area contributed by atoms with Crippen LogP contribution in [0.15, 0.2) is 35.3 Å². The summed E-state index contributed by atoms with van der Waals surface area (Å²) in [6.45, 7) is 3.64. The molecule has 1 atom stereocenters. The molecule has 0 aliphatic carbocycles. The molecule has 1 aromatic carbocycles. The van der Waals surface area contributed by atoms with Crippen molar-refractivity contribution in [2.45, 2.75) is 25.4 Å². The minimum Gasteiger partial charge on any atom is -0.379 e. The zero-order valence-electron chi connectivity index (χ0n) is 24.6. The molecule has 0 aliphatic rings. The second kappa shape index (κ2) is 18.9. The first-order chi connectivity index (χ1) is 21.4. The van der Waals surface area contributed by atoms with Crippen molar-refractivity contribution < 1.29 is 28.6 Å². The highest BCUT2D eigenvalue weighted by Crippen LogP contribution is 2.12. The van der Waals surface area contributed by atoms with Crippen LogP contribution in [0.2, 0.25) is 0 Å². The lowest BCUT2D eigenvalue weighted by atomic mass is 10.1. The van der Waals surface area contributed by atoms with Crippen molar-refractivity contribution in [2.75, 3.05) is 70.4 Å². The minimum absolute atomic E-state index is 0.0642. The molecule has 0 saturated heterocycles. The van der Waals surface area contributed by atoms with Gasteiger partial charge in [0.05, 0.1) is 64.1 Å². The van der Waals surface area contributed by atoms with Gasteiger partial charge in [0.1, 0.15) is 6.29 Å².